The van der Waals surface area contributed by atoms with Crippen LogP contribution in [0.4, 0.5) is 0 Å². The molecule has 1 heterocycles. The molecule has 2 atom stereocenters. The van der Waals surface area contributed by atoms with E-state index in [1.54, 1.807) is 11.3 Å². The van der Waals surface area contributed by atoms with Crippen molar-refractivity contribution in [2.75, 3.05) is 0 Å². The normalized spacial score (nSPS) is 20.5. The van der Waals surface area contributed by atoms with Crippen LogP contribution in [0.2, 0.25) is 0 Å². The number of nitrogens with one attached hydrogen (secondary N) is 1. The summed E-state index contributed by atoms with van der Waals surface area (Å²) in [6.07, 6.45) is 2.17. The number of aliphatic hydroxyl groups excluding tert-OH is 1. The number of rotatable bonds is 5. The molecule has 2 nitrogen and oxygen atoms in total. The third-order valence-electron chi connectivity index (χ3n) is 2.90. The van der Waals surface area contributed by atoms with E-state index in [0.717, 1.165) is 4.88 Å². The highest BCUT2D eigenvalue weighted by Gasteiger charge is 2.31. The molecule has 2 rings (SSSR count). The molecule has 2 unspecified atom stereocenters. The van der Waals surface area contributed by atoms with Crippen LogP contribution in [0.3, 0.4) is 0 Å². The van der Waals surface area contributed by atoms with Gasteiger partial charge in [0.2, 0.25) is 0 Å². The minimum atomic E-state index is -0.356. The standard InChI is InChI=1S/C12H19NOS/c1-8(2)11(13-9-5-6-9)12(14)10-4-3-7-15-10/h3-4,7-9,11-14H,5-6H2,1-2H3. The monoisotopic (exact) mass is 225 g/mol. The lowest BCUT2D eigenvalue weighted by Crippen LogP contribution is -2.40. The molecule has 0 bridgehead atoms. The van der Waals surface area contributed by atoms with Gasteiger partial charge in [-0.25, -0.2) is 0 Å². The Balaban J connectivity index is 2.02. The van der Waals surface area contributed by atoms with Gasteiger partial charge in [0.15, 0.2) is 0 Å². The Morgan fingerprint density at radius 3 is 2.67 bits per heavy atom. The maximum absolute atomic E-state index is 10.3. The summed E-state index contributed by atoms with van der Waals surface area (Å²) in [6.45, 7) is 4.33. The van der Waals surface area contributed by atoms with Gasteiger partial charge in [-0.3, -0.25) is 0 Å². The van der Waals surface area contributed by atoms with Crippen LogP contribution in [-0.2, 0) is 0 Å². The Morgan fingerprint density at radius 1 is 1.47 bits per heavy atom. The minimum Gasteiger partial charge on any atom is -0.386 e. The van der Waals surface area contributed by atoms with E-state index in [9.17, 15) is 5.11 Å². The van der Waals surface area contributed by atoms with Crippen molar-refractivity contribution in [3.05, 3.63) is 22.4 Å². The van der Waals surface area contributed by atoms with E-state index in [4.69, 9.17) is 0 Å². The molecule has 1 aromatic rings. The minimum absolute atomic E-state index is 0.191. The molecule has 0 amide bonds. The first-order chi connectivity index (χ1) is 7.18. The highest BCUT2D eigenvalue weighted by atomic mass is 32.1. The second-order valence-corrected chi connectivity index (χ2v) is 5.65. The second kappa shape index (κ2) is 4.64. The number of hydrogen-bond acceptors (Lipinski definition) is 3. The average molecular weight is 225 g/mol. The molecule has 1 aromatic heterocycles. The van der Waals surface area contributed by atoms with Gasteiger partial charge >= 0.3 is 0 Å². The van der Waals surface area contributed by atoms with Gasteiger partial charge in [0.1, 0.15) is 6.10 Å². The zero-order valence-electron chi connectivity index (χ0n) is 9.31. The lowest BCUT2D eigenvalue weighted by Gasteiger charge is -2.27. The molecular weight excluding hydrogens is 206 g/mol. The van der Waals surface area contributed by atoms with E-state index < -0.39 is 0 Å². The molecule has 1 saturated carbocycles. The fraction of sp³-hybridized carbons (Fsp3) is 0.667. The quantitative estimate of drug-likeness (QED) is 0.807. The van der Waals surface area contributed by atoms with Crippen LogP contribution >= 0.6 is 11.3 Å². The highest BCUT2D eigenvalue weighted by Crippen LogP contribution is 2.29. The highest BCUT2D eigenvalue weighted by molar-refractivity contribution is 7.10. The molecule has 0 aromatic carbocycles. The van der Waals surface area contributed by atoms with Crippen LogP contribution < -0.4 is 5.32 Å². The molecule has 0 radical (unpaired) electrons. The molecular formula is C12H19NOS. The Kier molecular flexibility index (Phi) is 3.44. The molecule has 1 aliphatic rings. The van der Waals surface area contributed by atoms with Crippen molar-refractivity contribution < 1.29 is 5.11 Å². The summed E-state index contributed by atoms with van der Waals surface area (Å²) in [5, 5.41) is 15.8. The lowest BCUT2D eigenvalue weighted by atomic mass is 9.97. The fourth-order valence-electron chi connectivity index (χ4n) is 1.81. The SMILES string of the molecule is CC(C)C(NC1CC1)C(O)c1cccs1. The summed E-state index contributed by atoms with van der Waals surface area (Å²) >= 11 is 1.63. The molecule has 0 spiro atoms. The largest absolute Gasteiger partial charge is 0.386 e. The topological polar surface area (TPSA) is 32.3 Å². The van der Waals surface area contributed by atoms with Crippen LogP contribution in [0, 0.1) is 5.92 Å². The fourth-order valence-corrected chi connectivity index (χ4v) is 2.56. The average Bonchev–Trinajstić information content (AvgIpc) is 2.84. The maximum Gasteiger partial charge on any atom is 0.104 e. The molecule has 2 N–H and O–H groups in total. The number of thiophene rings is 1. The second-order valence-electron chi connectivity index (χ2n) is 4.67. The first kappa shape index (κ1) is 11.1. The Hall–Kier alpha value is -0.380. The Bertz CT molecular complexity index is 293. The van der Waals surface area contributed by atoms with Crippen LogP contribution in [0.5, 0.6) is 0 Å². The molecule has 1 aliphatic carbocycles. The number of hydrogen-bond donors (Lipinski definition) is 2. The van der Waals surface area contributed by atoms with Crippen molar-refractivity contribution in [3.8, 4) is 0 Å². The summed E-state index contributed by atoms with van der Waals surface area (Å²) in [5.41, 5.74) is 0. The van der Waals surface area contributed by atoms with Gasteiger partial charge in [-0.1, -0.05) is 19.9 Å². The van der Waals surface area contributed by atoms with E-state index in [1.165, 1.54) is 12.8 Å². The third-order valence-corrected chi connectivity index (χ3v) is 3.84. The van der Waals surface area contributed by atoms with E-state index in [2.05, 4.69) is 19.2 Å². The summed E-state index contributed by atoms with van der Waals surface area (Å²) in [6, 6.07) is 4.85. The van der Waals surface area contributed by atoms with Crippen molar-refractivity contribution >= 4 is 11.3 Å². The van der Waals surface area contributed by atoms with Gasteiger partial charge < -0.3 is 10.4 Å². The first-order valence-electron chi connectivity index (χ1n) is 5.66. The third kappa shape index (κ3) is 2.80. The lowest BCUT2D eigenvalue weighted by molar-refractivity contribution is 0.107. The van der Waals surface area contributed by atoms with Crippen LogP contribution in [-0.4, -0.2) is 17.2 Å². The smallest absolute Gasteiger partial charge is 0.104 e. The van der Waals surface area contributed by atoms with Gasteiger partial charge in [-0.15, -0.1) is 11.3 Å². The van der Waals surface area contributed by atoms with E-state index in [0.29, 0.717) is 12.0 Å². The molecule has 15 heavy (non-hydrogen) atoms. The van der Waals surface area contributed by atoms with Crippen molar-refractivity contribution in [3.63, 3.8) is 0 Å². The van der Waals surface area contributed by atoms with Gasteiger partial charge in [-0.05, 0) is 30.2 Å². The molecule has 1 fully saturated rings. The van der Waals surface area contributed by atoms with Gasteiger partial charge in [0, 0.05) is 17.0 Å². The predicted octanol–water partition coefficient (Wildman–Crippen LogP) is 2.56. The molecule has 0 saturated heterocycles. The van der Waals surface area contributed by atoms with E-state index in [1.807, 2.05) is 17.5 Å². The molecule has 84 valence electrons. The van der Waals surface area contributed by atoms with Gasteiger partial charge in [-0.2, -0.15) is 0 Å². The zero-order chi connectivity index (χ0) is 10.8. The van der Waals surface area contributed by atoms with Crippen molar-refractivity contribution in [2.24, 2.45) is 5.92 Å². The van der Waals surface area contributed by atoms with Crippen molar-refractivity contribution in [1.29, 1.82) is 0 Å². The van der Waals surface area contributed by atoms with Crippen LogP contribution in [0.15, 0.2) is 17.5 Å². The zero-order valence-corrected chi connectivity index (χ0v) is 10.1. The molecule has 3 heteroatoms. The summed E-state index contributed by atoms with van der Waals surface area (Å²) in [4.78, 5) is 1.07. The van der Waals surface area contributed by atoms with E-state index in [-0.39, 0.29) is 12.1 Å². The Morgan fingerprint density at radius 2 is 2.20 bits per heavy atom. The van der Waals surface area contributed by atoms with Crippen LogP contribution in [0.25, 0.3) is 0 Å². The van der Waals surface area contributed by atoms with Gasteiger partial charge in [0.25, 0.3) is 0 Å². The van der Waals surface area contributed by atoms with Gasteiger partial charge in [0.05, 0.1) is 0 Å². The summed E-state index contributed by atoms with van der Waals surface area (Å²) in [5.74, 6) is 0.461. The predicted molar refractivity (Wildman–Crippen MR) is 64.1 cm³/mol. The maximum atomic E-state index is 10.3. The number of aliphatic hydroxyl groups is 1. The van der Waals surface area contributed by atoms with Crippen molar-refractivity contribution in [2.45, 2.75) is 44.9 Å². The molecule has 0 aliphatic heterocycles. The first-order valence-corrected chi connectivity index (χ1v) is 6.54. The summed E-state index contributed by atoms with van der Waals surface area (Å²) < 4.78 is 0. The van der Waals surface area contributed by atoms with Crippen molar-refractivity contribution in [1.82, 2.24) is 5.32 Å². The summed E-state index contributed by atoms with van der Waals surface area (Å²) in [7, 11) is 0. The Labute approximate surface area is 95.3 Å². The van der Waals surface area contributed by atoms with Crippen LogP contribution in [0.1, 0.15) is 37.7 Å². The van der Waals surface area contributed by atoms with E-state index >= 15 is 0 Å².